The number of halogens is 1. The molecule has 1 aliphatic rings. The van der Waals surface area contributed by atoms with Gasteiger partial charge in [-0.15, -0.1) is 12.4 Å². The van der Waals surface area contributed by atoms with Crippen molar-refractivity contribution < 1.29 is 9.90 Å². The van der Waals surface area contributed by atoms with Crippen LogP contribution in [0.1, 0.15) is 46.5 Å². The molecule has 0 bridgehead atoms. The van der Waals surface area contributed by atoms with E-state index in [1.165, 1.54) is 0 Å². The van der Waals surface area contributed by atoms with Crippen LogP contribution in [0.2, 0.25) is 0 Å². The van der Waals surface area contributed by atoms with Crippen LogP contribution in [0.3, 0.4) is 0 Å². The standard InChI is InChI=1S/C14H28N2O2.ClH/c1-4-11(5-2)12(17)9-16-13(18)14(3)7-6-8-15-10-14;/h11-12,15,17H,4-10H2,1-3H3,(H,16,18);1H. The molecule has 0 aliphatic carbocycles. The minimum atomic E-state index is -0.427. The zero-order valence-corrected chi connectivity index (χ0v) is 13.2. The van der Waals surface area contributed by atoms with Crippen LogP contribution in [0, 0.1) is 11.3 Å². The van der Waals surface area contributed by atoms with E-state index >= 15 is 0 Å². The Morgan fingerprint density at radius 1 is 1.42 bits per heavy atom. The van der Waals surface area contributed by atoms with E-state index in [1.54, 1.807) is 0 Å². The average Bonchev–Trinajstić information content (AvgIpc) is 2.38. The van der Waals surface area contributed by atoms with Gasteiger partial charge in [0.15, 0.2) is 0 Å². The van der Waals surface area contributed by atoms with E-state index in [0.717, 1.165) is 38.8 Å². The lowest BCUT2D eigenvalue weighted by Crippen LogP contribution is -2.50. The molecule has 1 rings (SSSR count). The molecule has 3 N–H and O–H groups in total. The van der Waals surface area contributed by atoms with E-state index < -0.39 is 6.10 Å². The van der Waals surface area contributed by atoms with Gasteiger partial charge < -0.3 is 15.7 Å². The third-order valence-corrected chi connectivity index (χ3v) is 4.21. The third-order valence-electron chi connectivity index (χ3n) is 4.21. The van der Waals surface area contributed by atoms with E-state index in [1.807, 2.05) is 6.92 Å². The predicted molar refractivity (Wildman–Crippen MR) is 80.5 cm³/mol. The Morgan fingerprint density at radius 2 is 2.05 bits per heavy atom. The highest BCUT2D eigenvalue weighted by molar-refractivity contribution is 5.85. The van der Waals surface area contributed by atoms with Gasteiger partial charge in [0.1, 0.15) is 0 Å². The van der Waals surface area contributed by atoms with E-state index in [-0.39, 0.29) is 29.6 Å². The van der Waals surface area contributed by atoms with Crippen molar-refractivity contribution in [3.63, 3.8) is 0 Å². The second kappa shape index (κ2) is 8.77. The predicted octanol–water partition coefficient (Wildman–Crippen LogP) is 1.71. The molecule has 1 heterocycles. The summed E-state index contributed by atoms with van der Waals surface area (Å²) < 4.78 is 0. The van der Waals surface area contributed by atoms with Crippen molar-refractivity contribution in [3.05, 3.63) is 0 Å². The Morgan fingerprint density at radius 3 is 2.53 bits per heavy atom. The van der Waals surface area contributed by atoms with Crippen LogP contribution in [0.25, 0.3) is 0 Å². The topological polar surface area (TPSA) is 61.4 Å². The van der Waals surface area contributed by atoms with Gasteiger partial charge in [-0.25, -0.2) is 0 Å². The number of piperidine rings is 1. The summed E-state index contributed by atoms with van der Waals surface area (Å²) in [6.45, 7) is 8.26. The van der Waals surface area contributed by atoms with Gasteiger partial charge in [-0.1, -0.05) is 26.7 Å². The van der Waals surface area contributed by atoms with Gasteiger partial charge in [-0.3, -0.25) is 4.79 Å². The van der Waals surface area contributed by atoms with Crippen molar-refractivity contribution in [2.75, 3.05) is 19.6 Å². The number of carbonyl (C=O) groups excluding carboxylic acids is 1. The highest BCUT2D eigenvalue weighted by atomic mass is 35.5. The maximum atomic E-state index is 12.2. The van der Waals surface area contributed by atoms with E-state index in [4.69, 9.17) is 0 Å². The van der Waals surface area contributed by atoms with Gasteiger partial charge in [0, 0.05) is 13.1 Å². The summed E-state index contributed by atoms with van der Waals surface area (Å²) in [5.74, 6) is 0.349. The lowest BCUT2D eigenvalue weighted by Gasteiger charge is -2.33. The SMILES string of the molecule is CCC(CC)C(O)CNC(=O)C1(C)CCCNC1.Cl. The molecule has 0 aromatic rings. The van der Waals surface area contributed by atoms with Crippen LogP contribution < -0.4 is 10.6 Å². The molecule has 2 atom stereocenters. The number of hydrogen-bond donors (Lipinski definition) is 3. The highest BCUT2D eigenvalue weighted by Gasteiger charge is 2.34. The summed E-state index contributed by atoms with van der Waals surface area (Å²) in [5, 5.41) is 16.2. The van der Waals surface area contributed by atoms with Crippen molar-refractivity contribution in [1.82, 2.24) is 10.6 Å². The van der Waals surface area contributed by atoms with E-state index in [2.05, 4.69) is 24.5 Å². The molecule has 0 aromatic carbocycles. The molecule has 1 saturated heterocycles. The van der Waals surface area contributed by atoms with E-state index in [9.17, 15) is 9.90 Å². The van der Waals surface area contributed by atoms with Crippen LogP contribution in [0.4, 0.5) is 0 Å². The average molecular weight is 293 g/mol. The second-order valence-corrected chi connectivity index (χ2v) is 5.69. The molecule has 1 fully saturated rings. The molecule has 0 aromatic heterocycles. The minimum absolute atomic E-state index is 0. The number of hydrogen-bond acceptors (Lipinski definition) is 3. The first kappa shape index (κ1) is 18.7. The Labute approximate surface area is 123 Å². The lowest BCUT2D eigenvalue weighted by molar-refractivity contribution is -0.131. The molecular weight excluding hydrogens is 264 g/mol. The van der Waals surface area contributed by atoms with Crippen molar-refractivity contribution in [3.8, 4) is 0 Å². The van der Waals surface area contributed by atoms with Crippen LogP contribution in [0.5, 0.6) is 0 Å². The highest BCUT2D eigenvalue weighted by Crippen LogP contribution is 2.25. The van der Waals surface area contributed by atoms with Gasteiger partial charge in [0.05, 0.1) is 11.5 Å². The normalized spacial score (nSPS) is 24.7. The number of carbonyl (C=O) groups is 1. The van der Waals surface area contributed by atoms with Crippen LogP contribution in [0.15, 0.2) is 0 Å². The zero-order chi connectivity index (χ0) is 13.6. The molecular formula is C14H29ClN2O2. The largest absolute Gasteiger partial charge is 0.391 e. The molecule has 0 saturated carbocycles. The van der Waals surface area contributed by atoms with Crippen molar-refractivity contribution in [2.45, 2.75) is 52.6 Å². The second-order valence-electron chi connectivity index (χ2n) is 5.69. The molecule has 1 aliphatic heterocycles. The molecule has 1 amide bonds. The quantitative estimate of drug-likeness (QED) is 0.698. The summed E-state index contributed by atoms with van der Waals surface area (Å²) in [7, 11) is 0. The lowest BCUT2D eigenvalue weighted by atomic mass is 9.82. The van der Waals surface area contributed by atoms with Crippen molar-refractivity contribution >= 4 is 18.3 Å². The Kier molecular flexibility index (Phi) is 8.62. The van der Waals surface area contributed by atoms with Gasteiger partial charge in [0.25, 0.3) is 0 Å². The monoisotopic (exact) mass is 292 g/mol. The summed E-state index contributed by atoms with van der Waals surface area (Å²) in [4.78, 5) is 12.2. The van der Waals surface area contributed by atoms with Gasteiger partial charge >= 0.3 is 0 Å². The molecule has 2 unspecified atom stereocenters. The maximum absolute atomic E-state index is 12.2. The fraction of sp³-hybridized carbons (Fsp3) is 0.929. The summed E-state index contributed by atoms with van der Waals surface area (Å²) in [5.41, 5.74) is -0.314. The molecule has 0 radical (unpaired) electrons. The first-order valence-corrected chi connectivity index (χ1v) is 7.20. The fourth-order valence-corrected chi connectivity index (χ4v) is 2.66. The Bertz CT molecular complexity index is 264. The van der Waals surface area contributed by atoms with Crippen molar-refractivity contribution in [2.24, 2.45) is 11.3 Å². The molecule has 4 nitrogen and oxygen atoms in total. The first-order valence-electron chi connectivity index (χ1n) is 7.20. The Balaban J connectivity index is 0.00000324. The van der Waals surface area contributed by atoms with Crippen molar-refractivity contribution in [1.29, 1.82) is 0 Å². The molecule has 19 heavy (non-hydrogen) atoms. The number of amides is 1. The van der Waals surface area contributed by atoms with Crippen LogP contribution >= 0.6 is 12.4 Å². The fourth-order valence-electron chi connectivity index (χ4n) is 2.66. The number of aliphatic hydroxyl groups is 1. The van der Waals surface area contributed by atoms with Gasteiger partial charge in [-0.2, -0.15) is 0 Å². The number of rotatable bonds is 6. The molecule has 114 valence electrons. The summed E-state index contributed by atoms with van der Waals surface area (Å²) in [6, 6.07) is 0. The van der Waals surface area contributed by atoms with E-state index in [0.29, 0.717) is 6.54 Å². The molecule has 5 heteroatoms. The van der Waals surface area contributed by atoms with Crippen LogP contribution in [-0.2, 0) is 4.79 Å². The number of nitrogens with one attached hydrogen (secondary N) is 2. The summed E-state index contributed by atoms with van der Waals surface area (Å²) in [6.07, 6.45) is 3.44. The minimum Gasteiger partial charge on any atom is -0.391 e. The number of aliphatic hydroxyl groups excluding tert-OH is 1. The Hall–Kier alpha value is -0.320. The smallest absolute Gasteiger partial charge is 0.227 e. The van der Waals surface area contributed by atoms with Gasteiger partial charge in [-0.05, 0) is 32.2 Å². The maximum Gasteiger partial charge on any atom is 0.227 e. The zero-order valence-electron chi connectivity index (χ0n) is 12.4. The van der Waals surface area contributed by atoms with Crippen LogP contribution in [-0.4, -0.2) is 36.8 Å². The third kappa shape index (κ3) is 5.28. The van der Waals surface area contributed by atoms with Gasteiger partial charge in [0.2, 0.25) is 5.91 Å². The first-order chi connectivity index (χ1) is 8.53. The molecule has 0 spiro atoms. The summed E-state index contributed by atoms with van der Waals surface area (Å²) >= 11 is 0.